The Labute approximate surface area is 100 Å². The first-order valence-electron chi connectivity index (χ1n) is 6.65. The zero-order valence-electron chi connectivity index (χ0n) is 11.1. The van der Waals surface area contributed by atoms with Gasteiger partial charge in [-0.25, -0.2) is 0 Å². The molecule has 3 N–H and O–H groups in total. The first-order chi connectivity index (χ1) is 7.50. The summed E-state index contributed by atoms with van der Waals surface area (Å²) in [5, 5.41) is 9.22. The minimum Gasteiger partial charge on any atom is -0.394 e. The molecule has 3 atom stereocenters. The molecule has 0 spiro atoms. The first kappa shape index (κ1) is 13.9. The van der Waals surface area contributed by atoms with Crippen LogP contribution in [0.15, 0.2) is 0 Å². The number of aliphatic hydroxyl groups excluding tert-OH is 1. The number of piperidine rings is 1. The van der Waals surface area contributed by atoms with Crippen LogP contribution in [0.2, 0.25) is 0 Å². The normalized spacial score (nSPS) is 28.7. The van der Waals surface area contributed by atoms with Crippen molar-refractivity contribution in [1.29, 1.82) is 0 Å². The van der Waals surface area contributed by atoms with Crippen molar-refractivity contribution in [2.45, 2.75) is 70.5 Å². The smallest absolute Gasteiger partial charge is 0.0609 e. The van der Waals surface area contributed by atoms with Crippen LogP contribution < -0.4 is 5.73 Å². The van der Waals surface area contributed by atoms with Crippen molar-refractivity contribution in [3.8, 4) is 0 Å². The molecule has 1 aliphatic rings. The van der Waals surface area contributed by atoms with E-state index in [1.807, 2.05) is 6.92 Å². The lowest BCUT2D eigenvalue weighted by atomic mass is 9.91. The van der Waals surface area contributed by atoms with E-state index in [4.69, 9.17) is 5.73 Å². The number of nitrogens with zero attached hydrogens (tertiary/aromatic N) is 1. The number of aliphatic hydroxyl groups is 1. The number of hydrogen-bond acceptors (Lipinski definition) is 3. The molecule has 0 aromatic carbocycles. The predicted octanol–water partition coefficient (Wildman–Crippen LogP) is 1.74. The molecule has 1 aliphatic heterocycles. The van der Waals surface area contributed by atoms with E-state index in [0.717, 1.165) is 12.5 Å². The van der Waals surface area contributed by atoms with Gasteiger partial charge in [0.15, 0.2) is 0 Å². The number of nitrogens with two attached hydrogens (primary N) is 1. The van der Waals surface area contributed by atoms with Crippen molar-refractivity contribution < 1.29 is 5.11 Å². The molecule has 1 heterocycles. The van der Waals surface area contributed by atoms with Crippen LogP contribution in [-0.2, 0) is 0 Å². The molecule has 0 saturated carbocycles. The lowest BCUT2D eigenvalue weighted by molar-refractivity contribution is 0.0730. The summed E-state index contributed by atoms with van der Waals surface area (Å²) in [6, 6.07) is 1.20. The molecule has 3 nitrogen and oxygen atoms in total. The van der Waals surface area contributed by atoms with Gasteiger partial charge in [0.1, 0.15) is 0 Å². The summed E-state index contributed by atoms with van der Waals surface area (Å²) in [4.78, 5) is 2.59. The summed E-state index contributed by atoms with van der Waals surface area (Å²) < 4.78 is 0. The Morgan fingerprint density at radius 1 is 1.50 bits per heavy atom. The molecule has 16 heavy (non-hydrogen) atoms. The monoisotopic (exact) mass is 228 g/mol. The second-order valence-corrected chi connectivity index (χ2v) is 5.66. The zero-order chi connectivity index (χ0) is 12.2. The standard InChI is InChI=1S/C13H28N2O/c1-4-12-7-5-6-8-15(12)11(2)9-13(3,14)10-16/h11-12,16H,4-10,14H2,1-3H3. The summed E-state index contributed by atoms with van der Waals surface area (Å²) in [5.74, 6) is 0. The van der Waals surface area contributed by atoms with Crippen molar-refractivity contribution in [1.82, 2.24) is 4.90 Å². The van der Waals surface area contributed by atoms with Crippen LogP contribution in [0.1, 0.15) is 52.9 Å². The largest absolute Gasteiger partial charge is 0.394 e. The van der Waals surface area contributed by atoms with E-state index in [9.17, 15) is 5.11 Å². The summed E-state index contributed by atoms with van der Waals surface area (Å²) in [7, 11) is 0. The minimum absolute atomic E-state index is 0.0714. The van der Waals surface area contributed by atoms with Gasteiger partial charge < -0.3 is 10.8 Å². The molecular formula is C13H28N2O. The van der Waals surface area contributed by atoms with Gasteiger partial charge in [0.05, 0.1) is 6.61 Å². The summed E-state index contributed by atoms with van der Waals surface area (Å²) in [6.07, 6.45) is 6.09. The maximum atomic E-state index is 9.22. The van der Waals surface area contributed by atoms with E-state index in [-0.39, 0.29) is 6.61 Å². The predicted molar refractivity (Wildman–Crippen MR) is 68.4 cm³/mol. The van der Waals surface area contributed by atoms with Crippen LogP contribution in [0.25, 0.3) is 0 Å². The van der Waals surface area contributed by atoms with Crippen molar-refractivity contribution in [2.75, 3.05) is 13.2 Å². The van der Waals surface area contributed by atoms with Gasteiger partial charge in [0, 0.05) is 17.6 Å². The third-order valence-electron chi connectivity index (χ3n) is 3.83. The van der Waals surface area contributed by atoms with E-state index in [0.29, 0.717) is 6.04 Å². The minimum atomic E-state index is -0.435. The molecule has 0 amide bonds. The molecule has 3 heteroatoms. The highest BCUT2D eigenvalue weighted by molar-refractivity contribution is 4.87. The van der Waals surface area contributed by atoms with Crippen molar-refractivity contribution in [3.63, 3.8) is 0 Å². The zero-order valence-corrected chi connectivity index (χ0v) is 11.1. The third-order valence-corrected chi connectivity index (χ3v) is 3.83. The van der Waals surface area contributed by atoms with E-state index >= 15 is 0 Å². The summed E-state index contributed by atoms with van der Waals surface area (Å²) >= 11 is 0. The maximum absolute atomic E-state index is 9.22. The summed E-state index contributed by atoms with van der Waals surface area (Å²) in [5.41, 5.74) is 5.60. The van der Waals surface area contributed by atoms with Crippen LogP contribution in [0.5, 0.6) is 0 Å². The molecule has 0 aliphatic carbocycles. The lowest BCUT2D eigenvalue weighted by Gasteiger charge is -2.41. The fourth-order valence-electron chi connectivity index (χ4n) is 2.90. The quantitative estimate of drug-likeness (QED) is 0.753. The van der Waals surface area contributed by atoms with Gasteiger partial charge in [-0.15, -0.1) is 0 Å². The SMILES string of the molecule is CCC1CCCCN1C(C)CC(C)(N)CO. The molecule has 0 aromatic heterocycles. The third kappa shape index (κ3) is 3.72. The Morgan fingerprint density at radius 3 is 2.75 bits per heavy atom. The molecule has 0 aromatic rings. The van der Waals surface area contributed by atoms with Crippen molar-refractivity contribution >= 4 is 0 Å². The molecule has 1 saturated heterocycles. The van der Waals surface area contributed by atoms with Crippen LogP contribution in [0, 0.1) is 0 Å². The van der Waals surface area contributed by atoms with Crippen LogP contribution in [0.4, 0.5) is 0 Å². The van der Waals surface area contributed by atoms with Crippen LogP contribution >= 0.6 is 0 Å². The topological polar surface area (TPSA) is 49.5 Å². The van der Waals surface area contributed by atoms with E-state index in [1.54, 1.807) is 0 Å². The van der Waals surface area contributed by atoms with Crippen molar-refractivity contribution in [2.24, 2.45) is 5.73 Å². The van der Waals surface area contributed by atoms with Gasteiger partial charge in [0.25, 0.3) is 0 Å². The van der Waals surface area contributed by atoms with Gasteiger partial charge in [0.2, 0.25) is 0 Å². The average Bonchev–Trinajstić information content (AvgIpc) is 2.28. The molecule has 0 bridgehead atoms. The first-order valence-corrected chi connectivity index (χ1v) is 6.65. The highest BCUT2D eigenvalue weighted by atomic mass is 16.3. The maximum Gasteiger partial charge on any atom is 0.0609 e. The highest BCUT2D eigenvalue weighted by Gasteiger charge is 2.29. The molecule has 0 radical (unpaired) electrons. The second-order valence-electron chi connectivity index (χ2n) is 5.66. The number of hydrogen-bond donors (Lipinski definition) is 2. The Bertz CT molecular complexity index is 206. The Kier molecular flexibility index (Phi) is 5.22. The summed E-state index contributed by atoms with van der Waals surface area (Å²) in [6.45, 7) is 7.72. The van der Waals surface area contributed by atoms with E-state index in [2.05, 4.69) is 18.7 Å². The van der Waals surface area contributed by atoms with Gasteiger partial charge in [-0.05, 0) is 46.1 Å². The lowest BCUT2D eigenvalue weighted by Crippen LogP contribution is -2.51. The fraction of sp³-hybridized carbons (Fsp3) is 1.00. The Balaban J connectivity index is 2.53. The van der Waals surface area contributed by atoms with Gasteiger partial charge in [-0.2, -0.15) is 0 Å². The molecule has 1 rings (SSSR count). The number of likely N-dealkylation sites (tertiary alicyclic amines) is 1. The van der Waals surface area contributed by atoms with Crippen LogP contribution in [-0.4, -0.2) is 40.8 Å². The molecule has 3 unspecified atom stereocenters. The molecule has 1 fully saturated rings. The van der Waals surface area contributed by atoms with Crippen molar-refractivity contribution in [3.05, 3.63) is 0 Å². The number of rotatable bonds is 5. The average molecular weight is 228 g/mol. The Hall–Kier alpha value is -0.120. The van der Waals surface area contributed by atoms with E-state index < -0.39 is 5.54 Å². The van der Waals surface area contributed by atoms with Gasteiger partial charge in [-0.1, -0.05) is 13.3 Å². The van der Waals surface area contributed by atoms with Crippen LogP contribution in [0.3, 0.4) is 0 Å². The van der Waals surface area contributed by atoms with Gasteiger partial charge in [-0.3, -0.25) is 4.90 Å². The molecule has 96 valence electrons. The van der Waals surface area contributed by atoms with Gasteiger partial charge >= 0.3 is 0 Å². The second kappa shape index (κ2) is 5.99. The fourth-order valence-corrected chi connectivity index (χ4v) is 2.90. The Morgan fingerprint density at radius 2 is 2.19 bits per heavy atom. The highest BCUT2D eigenvalue weighted by Crippen LogP contribution is 2.24. The van der Waals surface area contributed by atoms with E-state index in [1.165, 1.54) is 32.2 Å². The molecular weight excluding hydrogens is 200 g/mol.